The maximum Gasteiger partial charge on any atom is 0.417 e. The summed E-state index contributed by atoms with van der Waals surface area (Å²) in [6.45, 7) is 2.33. The first-order chi connectivity index (χ1) is 15.6. The Labute approximate surface area is 203 Å². The summed E-state index contributed by atoms with van der Waals surface area (Å²) in [6.07, 6.45) is -1.72. The number of carbonyl (C=O) groups excluding carboxylic acids is 1. The third-order valence-corrected chi connectivity index (χ3v) is 7.89. The Hall–Kier alpha value is -1.34. The van der Waals surface area contributed by atoms with Crippen molar-refractivity contribution in [2.75, 3.05) is 38.5 Å². The van der Waals surface area contributed by atoms with E-state index in [4.69, 9.17) is 21.4 Å². The van der Waals surface area contributed by atoms with Gasteiger partial charge in [0, 0.05) is 36.9 Å². The van der Waals surface area contributed by atoms with Crippen LogP contribution in [0.1, 0.15) is 12.8 Å². The summed E-state index contributed by atoms with van der Waals surface area (Å²) in [6, 6.07) is 0. The van der Waals surface area contributed by atoms with Gasteiger partial charge in [-0.25, -0.2) is 0 Å². The van der Waals surface area contributed by atoms with E-state index in [0.717, 1.165) is 0 Å². The zero-order valence-electron chi connectivity index (χ0n) is 17.6. The standard InChI is InChI=1S/C20H25ClF3N3O4S2/c21-16-2-1-12(5-15(16)20(22,23)24)8-27-3-4-31-14(9-27)7-25-17(28)11-33-19-26-13(10-32-19)6-18(29)30/h2,5,10,12,14,19,26H,1,3-4,6-9,11H2,(H,25,28)(H,29,30)/t12?,14-,19?/m0/s1. The molecule has 13 heteroatoms. The lowest BCUT2D eigenvalue weighted by atomic mass is 9.95. The van der Waals surface area contributed by atoms with Gasteiger partial charge in [0.05, 0.1) is 30.5 Å². The van der Waals surface area contributed by atoms with Crippen LogP contribution in [0, 0.1) is 5.92 Å². The van der Waals surface area contributed by atoms with Gasteiger partial charge in [-0.2, -0.15) is 13.2 Å². The fourth-order valence-corrected chi connectivity index (χ4v) is 5.88. The van der Waals surface area contributed by atoms with E-state index in [1.54, 1.807) is 5.41 Å². The van der Waals surface area contributed by atoms with Crippen molar-refractivity contribution in [3.63, 3.8) is 0 Å². The summed E-state index contributed by atoms with van der Waals surface area (Å²) in [4.78, 5) is 25.0. The van der Waals surface area contributed by atoms with Gasteiger partial charge in [-0.1, -0.05) is 35.5 Å². The highest BCUT2D eigenvalue weighted by Crippen LogP contribution is 2.38. The number of amides is 1. The third-order valence-electron chi connectivity index (χ3n) is 5.15. The molecule has 0 aromatic carbocycles. The maximum absolute atomic E-state index is 13.1. The van der Waals surface area contributed by atoms with Crippen molar-refractivity contribution in [1.82, 2.24) is 15.5 Å². The van der Waals surface area contributed by atoms with Crippen LogP contribution < -0.4 is 10.6 Å². The number of hydrogen-bond donors (Lipinski definition) is 3. The van der Waals surface area contributed by atoms with Crippen molar-refractivity contribution in [2.45, 2.75) is 29.8 Å². The van der Waals surface area contributed by atoms with Crippen molar-refractivity contribution < 1.29 is 32.6 Å². The predicted molar refractivity (Wildman–Crippen MR) is 123 cm³/mol. The molecule has 3 aliphatic rings. The van der Waals surface area contributed by atoms with E-state index < -0.39 is 17.7 Å². The number of carboxylic acids is 1. The molecular weight excluding hydrogens is 503 g/mol. The molecule has 7 nitrogen and oxygen atoms in total. The molecule has 0 aromatic heterocycles. The lowest BCUT2D eigenvalue weighted by Crippen LogP contribution is -2.49. The first kappa shape index (κ1) is 26.3. The van der Waals surface area contributed by atoms with Crippen LogP contribution in [0.25, 0.3) is 0 Å². The molecule has 184 valence electrons. The fourth-order valence-electron chi connectivity index (χ4n) is 3.64. The number of hydrogen-bond acceptors (Lipinski definition) is 7. The van der Waals surface area contributed by atoms with Crippen LogP contribution in [0.3, 0.4) is 0 Å². The van der Waals surface area contributed by atoms with Crippen LogP contribution in [-0.4, -0.2) is 77.4 Å². The summed E-state index contributed by atoms with van der Waals surface area (Å²) in [5, 5.41) is 16.2. The third kappa shape index (κ3) is 8.43. The Morgan fingerprint density at radius 2 is 2.21 bits per heavy atom. The minimum absolute atomic E-state index is 0.0801. The van der Waals surface area contributed by atoms with Gasteiger partial charge in [0.2, 0.25) is 5.91 Å². The first-order valence-electron chi connectivity index (χ1n) is 10.3. The molecule has 0 spiro atoms. The second-order valence-electron chi connectivity index (χ2n) is 7.82. The van der Waals surface area contributed by atoms with E-state index in [9.17, 15) is 22.8 Å². The van der Waals surface area contributed by atoms with Crippen molar-refractivity contribution in [3.05, 3.63) is 33.9 Å². The summed E-state index contributed by atoms with van der Waals surface area (Å²) in [5.74, 6) is -1.17. The molecule has 3 rings (SSSR count). The van der Waals surface area contributed by atoms with Crippen LogP contribution in [0.4, 0.5) is 13.2 Å². The Bertz CT molecular complexity index is 838. The molecule has 3 atom stereocenters. The highest BCUT2D eigenvalue weighted by atomic mass is 35.5. The molecule has 2 aliphatic heterocycles. The minimum Gasteiger partial charge on any atom is -0.481 e. The molecular formula is C20H25ClF3N3O4S2. The van der Waals surface area contributed by atoms with Crippen LogP contribution >= 0.6 is 35.1 Å². The van der Waals surface area contributed by atoms with E-state index in [1.807, 2.05) is 4.90 Å². The number of halogens is 4. The lowest BCUT2D eigenvalue weighted by Gasteiger charge is -2.35. The van der Waals surface area contributed by atoms with E-state index in [0.29, 0.717) is 44.9 Å². The van der Waals surface area contributed by atoms with Gasteiger partial charge in [-0.15, -0.1) is 11.8 Å². The predicted octanol–water partition coefficient (Wildman–Crippen LogP) is 3.10. The van der Waals surface area contributed by atoms with Gasteiger partial charge >= 0.3 is 12.1 Å². The fraction of sp³-hybridized carbons (Fsp3) is 0.600. The summed E-state index contributed by atoms with van der Waals surface area (Å²) in [5.41, 5.74) is -0.163. The van der Waals surface area contributed by atoms with E-state index >= 15 is 0 Å². The second kappa shape index (κ2) is 11.9. The number of ether oxygens (including phenoxy) is 1. The van der Waals surface area contributed by atoms with Gasteiger partial charge in [0.15, 0.2) is 0 Å². The Morgan fingerprint density at radius 1 is 1.42 bits per heavy atom. The summed E-state index contributed by atoms with van der Waals surface area (Å²) >= 11 is 8.52. The Morgan fingerprint density at radius 3 is 2.94 bits per heavy atom. The van der Waals surface area contributed by atoms with Crippen molar-refractivity contribution >= 4 is 47.0 Å². The van der Waals surface area contributed by atoms with Gasteiger partial charge in [-0.05, 0) is 17.7 Å². The van der Waals surface area contributed by atoms with Gasteiger partial charge in [-0.3, -0.25) is 14.5 Å². The number of thioether (sulfide) groups is 2. The average Bonchev–Trinajstić information content (AvgIpc) is 3.18. The van der Waals surface area contributed by atoms with E-state index in [1.165, 1.54) is 35.7 Å². The number of carboxylic acid groups (broad SMARTS) is 1. The van der Waals surface area contributed by atoms with E-state index in [2.05, 4.69) is 10.6 Å². The zero-order chi connectivity index (χ0) is 24.0. The number of rotatable bonds is 9. The quantitative estimate of drug-likeness (QED) is 0.421. The van der Waals surface area contributed by atoms with Crippen molar-refractivity contribution in [1.29, 1.82) is 0 Å². The zero-order valence-corrected chi connectivity index (χ0v) is 20.0. The molecule has 1 fully saturated rings. The number of allylic oxidation sites excluding steroid dienone is 3. The molecule has 1 aliphatic carbocycles. The van der Waals surface area contributed by atoms with Crippen LogP contribution in [0.15, 0.2) is 33.9 Å². The van der Waals surface area contributed by atoms with Gasteiger partial charge in [0.25, 0.3) is 0 Å². The number of carbonyl (C=O) groups is 2. The number of nitrogens with one attached hydrogen (secondary N) is 2. The van der Waals surface area contributed by atoms with Gasteiger partial charge < -0.3 is 20.5 Å². The maximum atomic E-state index is 13.1. The molecule has 0 saturated carbocycles. The molecule has 0 radical (unpaired) electrons. The highest BCUT2D eigenvalue weighted by molar-refractivity contribution is 8.18. The molecule has 0 aromatic rings. The van der Waals surface area contributed by atoms with Crippen molar-refractivity contribution in [3.8, 4) is 0 Å². The monoisotopic (exact) mass is 527 g/mol. The molecule has 1 saturated heterocycles. The summed E-state index contributed by atoms with van der Waals surface area (Å²) in [7, 11) is 0. The van der Waals surface area contributed by atoms with Gasteiger partial charge in [0.1, 0.15) is 4.71 Å². The topological polar surface area (TPSA) is 90.9 Å². The molecule has 1 amide bonds. The SMILES string of the molecule is O=C(O)CC1=CSC(SCC(=O)NC[C@H]2CN(CC3C=C(C(F)(F)F)C(Cl)=CC3)CCO2)N1. The molecule has 3 N–H and O–H groups in total. The van der Waals surface area contributed by atoms with Crippen molar-refractivity contribution in [2.24, 2.45) is 5.92 Å². The molecule has 33 heavy (non-hydrogen) atoms. The second-order valence-corrected chi connectivity index (χ2v) is 10.6. The molecule has 2 unspecified atom stereocenters. The Balaban J connectivity index is 1.37. The summed E-state index contributed by atoms with van der Waals surface area (Å²) < 4.78 is 44.9. The van der Waals surface area contributed by atoms with Crippen LogP contribution in [0.2, 0.25) is 0 Å². The highest BCUT2D eigenvalue weighted by Gasteiger charge is 2.37. The lowest BCUT2D eigenvalue weighted by molar-refractivity contribution is -0.136. The van der Waals surface area contributed by atoms with Crippen LogP contribution in [0.5, 0.6) is 0 Å². The smallest absolute Gasteiger partial charge is 0.417 e. The number of nitrogens with zero attached hydrogens (tertiary/aromatic N) is 1. The molecule has 2 heterocycles. The average molecular weight is 528 g/mol. The Kier molecular flexibility index (Phi) is 9.45. The minimum atomic E-state index is -4.47. The first-order valence-corrected chi connectivity index (χ1v) is 12.7. The largest absolute Gasteiger partial charge is 0.481 e. The molecule has 0 bridgehead atoms. The normalized spacial score (nSPS) is 26.2. The van der Waals surface area contributed by atoms with E-state index in [-0.39, 0.29) is 39.8 Å². The number of morpholine rings is 1. The number of aliphatic carboxylic acids is 1. The van der Waals surface area contributed by atoms with Crippen LogP contribution in [-0.2, 0) is 14.3 Å². The number of alkyl halides is 3.